The Morgan fingerprint density at radius 2 is 1.59 bits per heavy atom. The van der Waals surface area contributed by atoms with Gasteiger partial charge in [0.15, 0.2) is 23.9 Å². The molecule has 2 aromatic carbocycles. The number of carbonyl (C=O) groups excluding carboxylic acids is 4. The van der Waals surface area contributed by atoms with Crippen molar-refractivity contribution in [3.05, 3.63) is 64.6 Å². The van der Waals surface area contributed by atoms with Crippen molar-refractivity contribution in [2.24, 2.45) is 13.0 Å². The summed E-state index contributed by atoms with van der Waals surface area (Å²) in [7, 11) is 8.66. The Morgan fingerprint density at radius 1 is 0.939 bits per heavy atom. The summed E-state index contributed by atoms with van der Waals surface area (Å²) in [6.07, 6.45) is 2.52. The zero-order valence-corrected chi connectivity index (χ0v) is 29.0. The van der Waals surface area contributed by atoms with Crippen molar-refractivity contribution in [2.45, 2.75) is 12.8 Å². The average molecular weight is 701 g/mol. The summed E-state index contributed by atoms with van der Waals surface area (Å²) >= 11 is 6.49. The van der Waals surface area contributed by atoms with Gasteiger partial charge in [0.25, 0.3) is 17.7 Å². The molecule has 2 fully saturated rings. The van der Waals surface area contributed by atoms with Crippen LogP contribution < -0.4 is 10.1 Å². The number of piperidine rings is 1. The molecule has 5 rings (SSSR count). The number of nitrogens with zero attached hydrogens (tertiary/aromatic N) is 6. The van der Waals surface area contributed by atoms with E-state index < -0.39 is 17.5 Å². The number of likely N-dealkylation sites (tertiary alicyclic amines) is 1. The smallest absolute Gasteiger partial charge is 0.291 e. The van der Waals surface area contributed by atoms with Gasteiger partial charge in [-0.05, 0) is 43.2 Å². The Labute approximate surface area is 288 Å². The molecular weight excluding hydrogens is 660 g/mol. The van der Waals surface area contributed by atoms with Crippen molar-refractivity contribution < 1.29 is 37.2 Å². The Kier molecular flexibility index (Phi) is 10.6. The summed E-state index contributed by atoms with van der Waals surface area (Å²) in [6.45, 7) is 3.04. The Balaban J connectivity index is 1.15. The first kappa shape index (κ1) is 35.7. The fourth-order valence-corrected chi connectivity index (χ4v) is 6.41. The minimum Gasteiger partial charge on any atom is -0.494 e. The molecule has 0 radical (unpaired) electrons. The highest BCUT2D eigenvalue weighted by Crippen LogP contribution is 2.30. The van der Waals surface area contributed by atoms with Crippen LogP contribution in [0.1, 0.15) is 33.8 Å². The van der Waals surface area contributed by atoms with E-state index in [2.05, 4.69) is 10.3 Å². The Hall–Kier alpha value is -4.56. The van der Waals surface area contributed by atoms with Gasteiger partial charge >= 0.3 is 0 Å². The fourth-order valence-electron chi connectivity index (χ4n) is 6.15. The minimum atomic E-state index is -1.15. The highest BCUT2D eigenvalue weighted by molar-refractivity contribution is 6.34. The van der Waals surface area contributed by atoms with Gasteiger partial charge in [0.05, 0.1) is 50.7 Å². The lowest BCUT2D eigenvalue weighted by Gasteiger charge is -2.39. The van der Waals surface area contributed by atoms with Crippen molar-refractivity contribution in [1.29, 1.82) is 0 Å². The fraction of sp³-hybridized carbons (Fsp3) is 0.441. The van der Waals surface area contributed by atoms with Crippen LogP contribution in [-0.2, 0) is 16.6 Å². The number of halogens is 3. The zero-order chi connectivity index (χ0) is 35.6. The lowest BCUT2D eigenvalue weighted by molar-refractivity contribution is -0.862. The van der Waals surface area contributed by atoms with Gasteiger partial charge in [0, 0.05) is 63.5 Å². The van der Waals surface area contributed by atoms with Gasteiger partial charge in [-0.2, -0.15) is 4.39 Å². The van der Waals surface area contributed by atoms with Crippen molar-refractivity contribution in [3.8, 4) is 17.0 Å². The molecule has 0 bridgehead atoms. The molecule has 1 N–H and O–H groups in total. The summed E-state index contributed by atoms with van der Waals surface area (Å²) in [4.78, 5) is 61.6. The van der Waals surface area contributed by atoms with Gasteiger partial charge in [0.2, 0.25) is 11.7 Å². The first-order valence-electron chi connectivity index (χ1n) is 16.0. The molecule has 262 valence electrons. The van der Waals surface area contributed by atoms with Crippen LogP contribution in [0.3, 0.4) is 0 Å². The van der Waals surface area contributed by atoms with Gasteiger partial charge in [-0.3, -0.25) is 19.2 Å². The van der Waals surface area contributed by atoms with E-state index in [1.54, 1.807) is 9.80 Å². The van der Waals surface area contributed by atoms with E-state index in [0.717, 1.165) is 0 Å². The van der Waals surface area contributed by atoms with Crippen LogP contribution in [0.25, 0.3) is 11.3 Å². The largest absolute Gasteiger partial charge is 0.494 e. The summed E-state index contributed by atoms with van der Waals surface area (Å²) in [5, 5.41) is 2.81. The number of nitrogens with one attached hydrogen (secondary N) is 1. The molecule has 0 spiro atoms. The molecule has 12 nitrogen and oxygen atoms in total. The van der Waals surface area contributed by atoms with Gasteiger partial charge < -0.3 is 33.8 Å². The molecule has 1 aromatic heterocycles. The second-order valence-electron chi connectivity index (χ2n) is 13.3. The number of imidazole rings is 1. The van der Waals surface area contributed by atoms with E-state index in [4.69, 9.17) is 16.3 Å². The Morgan fingerprint density at radius 3 is 2.20 bits per heavy atom. The topological polar surface area (TPSA) is 117 Å². The molecule has 49 heavy (non-hydrogen) atoms. The lowest BCUT2D eigenvalue weighted by atomic mass is 9.95. The first-order valence-corrected chi connectivity index (χ1v) is 16.4. The average Bonchev–Trinajstić information content (AvgIpc) is 3.45. The number of amides is 4. The molecular formula is C34H41ClF2N7O5+. The molecule has 0 atom stereocenters. The molecule has 0 aliphatic carbocycles. The number of methoxy groups -OCH3 is 1. The SMILES string of the molecule is COc1ccc(-c2cnc(C(=O)Nc3ccc(C(=O)N4CCN(C(=O)C5CCN(C(=O)C[N+](C)(C)C)CC5)CC4)c(Cl)c3)n2C)c(F)c1F. The minimum absolute atomic E-state index is 0.0602. The quantitative estimate of drug-likeness (QED) is 0.360. The number of benzene rings is 2. The summed E-state index contributed by atoms with van der Waals surface area (Å²) < 4.78 is 35.7. The summed E-state index contributed by atoms with van der Waals surface area (Å²) in [6, 6.07) is 7.13. The summed E-state index contributed by atoms with van der Waals surface area (Å²) in [5.41, 5.74) is 0.644. The van der Waals surface area contributed by atoms with Crippen LogP contribution in [0.5, 0.6) is 5.75 Å². The number of quaternary nitrogens is 1. The molecule has 15 heteroatoms. The number of carbonyl (C=O) groups is 4. The first-order chi connectivity index (χ1) is 23.2. The second kappa shape index (κ2) is 14.5. The zero-order valence-electron chi connectivity index (χ0n) is 28.3. The second-order valence-corrected chi connectivity index (χ2v) is 13.7. The van der Waals surface area contributed by atoms with Crippen LogP contribution >= 0.6 is 11.6 Å². The number of ether oxygens (including phenoxy) is 1. The van der Waals surface area contributed by atoms with Crippen LogP contribution in [0.2, 0.25) is 5.02 Å². The van der Waals surface area contributed by atoms with E-state index in [1.807, 2.05) is 26.0 Å². The molecule has 2 saturated heterocycles. The number of rotatable bonds is 8. The van der Waals surface area contributed by atoms with Crippen LogP contribution in [-0.4, -0.2) is 126 Å². The van der Waals surface area contributed by atoms with Crippen molar-refractivity contribution >= 4 is 40.9 Å². The van der Waals surface area contributed by atoms with Crippen LogP contribution in [0, 0.1) is 17.6 Å². The molecule has 0 saturated carbocycles. The highest BCUT2D eigenvalue weighted by atomic mass is 35.5. The van der Waals surface area contributed by atoms with E-state index in [1.165, 1.54) is 55.3 Å². The maximum Gasteiger partial charge on any atom is 0.291 e. The number of likely N-dealkylation sites (N-methyl/N-ethyl adjacent to an activating group) is 1. The van der Waals surface area contributed by atoms with E-state index in [9.17, 15) is 28.0 Å². The lowest BCUT2D eigenvalue weighted by Crippen LogP contribution is -2.53. The predicted molar refractivity (Wildman–Crippen MR) is 179 cm³/mol. The predicted octanol–water partition coefficient (Wildman–Crippen LogP) is 3.51. The standard InChI is InChI=1S/C34H40ClF2N7O5/c1-40-26(24-8-9-27(49-5)30(37)29(24)36)19-38-31(40)32(46)39-22-6-7-23(25(35)18-22)34(48)43-16-14-42(15-17-43)33(47)21-10-12-41(13-11-21)28(45)20-44(2,3)4/h6-9,18-19,21H,10-17,20H2,1-5H3/p+1. The van der Waals surface area contributed by atoms with Gasteiger partial charge in [-0.25, -0.2) is 9.37 Å². The number of anilines is 1. The number of hydrogen-bond donors (Lipinski definition) is 1. The maximum absolute atomic E-state index is 14.7. The number of piperazine rings is 1. The molecule has 3 heterocycles. The normalized spacial score (nSPS) is 15.7. The van der Waals surface area contributed by atoms with E-state index >= 15 is 0 Å². The number of hydrogen-bond acceptors (Lipinski definition) is 6. The van der Waals surface area contributed by atoms with E-state index in [0.29, 0.717) is 68.8 Å². The number of aromatic nitrogens is 2. The van der Waals surface area contributed by atoms with Crippen molar-refractivity contribution in [2.75, 3.05) is 79.4 Å². The van der Waals surface area contributed by atoms with E-state index in [-0.39, 0.29) is 57.1 Å². The van der Waals surface area contributed by atoms with Crippen LogP contribution in [0.15, 0.2) is 36.5 Å². The molecule has 2 aliphatic rings. The molecule has 4 amide bonds. The van der Waals surface area contributed by atoms with Crippen LogP contribution in [0.4, 0.5) is 14.5 Å². The highest BCUT2D eigenvalue weighted by Gasteiger charge is 2.34. The summed E-state index contributed by atoms with van der Waals surface area (Å²) in [5.74, 6) is -3.48. The third-order valence-electron chi connectivity index (χ3n) is 8.88. The Bertz CT molecular complexity index is 1760. The van der Waals surface area contributed by atoms with Crippen molar-refractivity contribution in [3.63, 3.8) is 0 Å². The third-order valence-corrected chi connectivity index (χ3v) is 9.19. The van der Waals surface area contributed by atoms with Gasteiger partial charge in [-0.1, -0.05) is 11.6 Å². The van der Waals surface area contributed by atoms with Gasteiger partial charge in [0.1, 0.15) is 0 Å². The van der Waals surface area contributed by atoms with Gasteiger partial charge in [-0.15, -0.1) is 0 Å². The van der Waals surface area contributed by atoms with Crippen molar-refractivity contribution in [1.82, 2.24) is 24.3 Å². The molecule has 3 aromatic rings. The third kappa shape index (κ3) is 7.86. The monoisotopic (exact) mass is 700 g/mol. The maximum atomic E-state index is 14.7. The molecule has 0 unspecified atom stereocenters. The molecule has 2 aliphatic heterocycles.